The summed E-state index contributed by atoms with van der Waals surface area (Å²) >= 11 is 0. The van der Waals surface area contributed by atoms with E-state index < -0.39 is 5.60 Å². The van der Waals surface area contributed by atoms with Crippen LogP contribution in [0.15, 0.2) is 30.7 Å². The van der Waals surface area contributed by atoms with E-state index in [-0.39, 0.29) is 24.9 Å². The summed E-state index contributed by atoms with van der Waals surface area (Å²) in [6, 6.07) is 4.42. The monoisotopic (exact) mass is 521 g/mol. The van der Waals surface area contributed by atoms with E-state index in [1.165, 1.54) is 0 Å². The zero-order valence-corrected chi connectivity index (χ0v) is 22.0. The van der Waals surface area contributed by atoms with E-state index >= 15 is 0 Å². The van der Waals surface area contributed by atoms with E-state index in [0.717, 1.165) is 61.4 Å². The van der Waals surface area contributed by atoms with Crippen LogP contribution in [0.4, 0.5) is 11.5 Å². The second-order valence-electron chi connectivity index (χ2n) is 10.5. The van der Waals surface area contributed by atoms with Gasteiger partial charge < -0.3 is 34.9 Å². The second kappa shape index (κ2) is 10.1. The van der Waals surface area contributed by atoms with Gasteiger partial charge in [0.25, 0.3) is 5.88 Å². The second-order valence-corrected chi connectivity index (χ2v) is 10.5. The molecule has 0 amide bonds. The van der Waals surface area contributed by atoms with Crippen molar-refractivity contribution < 1.29 is 19.3 Å². The van der Waals surface area contributed by atoms with E-state index in [2.05, 4.69) is 33.0 Å². The Labute approximate surface area is 222 Å². The molecule has 3 saturated heterocycles. The Morgan fingerprint density at radius 3 is 2.55 bits per heavy atom. The highest BCUT2D eigenvalue weighted by molar-refractivity contribution is 5.72. The minimum Gasteiger partial charge on any atom is -0.433 e. The quantitative estimate of drug-likeness (QED) is 0.499. The average molecular weight is 522 g/mol. The van der Waals surface area contributed by atoms with Gasteiger partial charge in [-0.3, -0.25) is 4.68 Å². The molecule has 3 aliphatic heterocycles. The molecule has 3 aliphatic rings. The van der Waals surface area contributed by atoms with Gasteiger partial charge in [-0.15, -0.1) is 0 Å². The van der Waals surface area contributed by atoms with Crippen LogP contribution in [0, 0.1) is 6.92 Å². The smallest absolute Gasteiger partial charge is 0.263 e. The molecule has 11 heteroatoms. The van der Waals surface area contributed by atoms with Crippen LogP contribution in [-0.4, -0.2) is 89.4 Å². The molecule has 0 atom stereocenters. The van der Waals surface area contributed by atoms with Crippen LogP contribution in [0.2, 0.25) is 0 Å². The summed E-state index contributed by atoms with van der Waals surface area (Å²) in [7, 11) is 2.14. The van der Waals surface area contributed by atoms with E-state index in [1.807, 2.05) is 23.9 Å². The normalized spacial score (nSPS) is 20.3. The van der Waals surface area contributed by atoms with Crippen LogP contribution in [0.25, 0.3) is 11.3 Å². The maximum absolute atomic E-state index is 11.2. The molecule has 0 saturated carbocycles. The number of aromatic nitrogens is 4. The number of nitrogens with two attached hydrogens (primary N) is 1. The predicted octanol–water partition coefficient (Wildman–Crippen LogP) is 2.34. The molecule has 1 aromatic carbocycles. The number of rotatable bonds is 6. The number of benzene rings is 1. The molecule has 6 rings (SSSR count). The minimum atomic E-state index is -1.02. The van der Waals surface area contributed by atoms with Crippen molar-refractivity contribution in [3.05, 3.63) is 41.9 Å². The molecule has 202 valence electrons. The standard InChI is InChI=1S/C27H35N7O4/c1-18-22(27(35)16-37-17-27)11-19(12-24(18)33-7-9-36-10-8-33)23-14-29-25(28)26(31-23)38-21-13-30-34(15-21)20-3-5-32(2)6-4-20/h11-15,20,35H,3-10,16-17H2,1-2H3,(H2,28,29). The number of hydrogen-bond acceptors (Lipinski definition) is 10. The molecular formula is C27H35N7O4. The fourth-order valence-electron chi connectivity index (χ4n) is 5.45. The number of ether oxygens (including phenoxy) is 3. The molecule has 3 aromatic rings. The van der Waals surface area contributed by atoms with Gasteiger partial charge in [-0.2, -0.15) is 5.10 Å². The summed E-state index contributed by atoms with van der Waals surface area (Å²) in [5.41, 5.74) is 9.49. The number of hydrogen-bond donors (Lipinski definition) is 2. The van der Waals surface area contributed by atoms with Crippen LogP contribution in [-0.2, 0) is 15.1 Å². The van der Waals surface area contributed by atoms with Gasteiger partial charge in [-0.25, -0.2) is 9.97 Å². The summed E-state index contributed by atoms with van der Waals surface area (Å²) in [6.07, 6.45) is 7.33. The Morgan fingerprint density at radius 1 is 1.08 bits per heavy atom. The number of likely N-dealkylation sites (tertiary alicyclic amines) is 1. The topological polar surface area (TPSA) is 124 Å². The lowest BCUT2D eigenvalue weighted by Gasteiger charge is -2.39. The first kappa shape index (κ1) is 25.1. The molecule has 11 nitrogen and oxygen atoms in total. The lowest BCUT2D eigenvalue weighted by Crippen LogP contribution is -2.47. The van der Waals surface area contributed by atoms with E-state index in [0.29, 0.717) is 30.7 Å². The minimum absolute atomic E-state index is 0.201. The fourth-order valence-corrected chi connectivity index (χ4v) is 5.45. The van der Waals surface area contributed by atoms with Gasteiger partial charge in [0.2, 0.25) is 0 Å². The van der Waals surface area contributed by atoms with Gasteiger partial charge in [0.05, 0.1) is 56.8 Å². The van der Waals surface area contributed by atoms with Crippen LogP contribution in [0.3, 0.4) is 0 Å². The van der Waals surface area contributed by atoms with E-state index in [9.17, 15) is 5.11 Å². The predicted molar refractivity (Wildman–Crippen MR) is 142 cm³/mol. The number of piperidine rings is 1. The Morgan fingerprint density at radius 2 is 1.84 bits per heavy atom. The lowest BCUT2D eigenvalue weighted by atomic mass is 9.86. The van der Waals surface area contributed by atoms with Gasteiger partial charge in [0.15, 0.2) is 11.6 Å². The molecule has 3 fully saturated rings. The number of aliphatic hydroxyl groups is 1. The first-order chi connectivity index (χ1) is 18.4. The largest absolute Gasteiger partial charge is 0.433 e. The summed E-state index contributed by atoms with van der Waals surface area (Å²) in [6.45, 7) is 7.57. The zero-order chi connectivity index (χ0) is 26.3. The zero-order valence-electron chi connectivity index (χ0n) is 22.0. The molecule has 0 spiro atoms. The number of nitrogen functional groups attached to an aromatic ring is 1. The van der Waals surface area contributed by atoms with Crippen molar-refractivity contribution in [2.45, 2.75) is 31.4 Å². The Balaban J connectivity index is 1.31. The highest BCUT2D eigenvalue weighted by Crippen LogP contribution is 2.40. The molecule has 2 aromatic heterocycles. The maximum atomic E-state index is 11.2. The molecule has 0 radical (unpaired) electrons. The Kier molecular flexibility index (Phi) is 6.68. The summed E-state index contributed by atoms with van der Waals surface area (Å²) in [5, 5.41) is 15.7. The third-order valence-corrected chi connectivity index (χ3v) is 7.83. The van der Waals surface area contributed by atoms with Crippen molar-refractivity contribution in [2.75, 3.05) is 70.3 Å². The Hall–Kier alpha value is -3.25. The average Bonchev–Trinajstić information content (AvgIpc) is 3.38. The molecular weight excluding hydrogens is 486 g/mol. The highest BCUT2D eigenvalue weighted by atomic mass is 16.5. The molecule has 38 heavy (non-hydrogen) atoms. The summed E-state index contributed by atoms with van der Waals surface area (Å²) < 4.78 is 19.0. The van der Waals surface area contributed by atoms with Crippen molar-refractivity contribution in [1.82, 2.24) is 24.6 Å². The summed E-state index contributed by atoms with van der Waals surface area (Å²) in [5.74, 6) is 1.00. The van der Waals surface area contributed by atoms with Crippen molar-refractivity contribution in [2.24, 2.45) is 0 Å². The molecule has 0 unspecified atom stereocenters. The van der Waals surface area contributed by atoms with Crippen molar-refractivity contribution in [3.8, 4) is 22.9 Å². The summed E-state index contributed by atoms with van der Waals surface area (Å²) in [4.78, 5) is 13.7. The van der Waals surface area contributed by atoms with Gasteiger partial charge in [-0.05, 0) is 63.2 Å². The first-order valence-electron chi connectivity index (χ1n) is 13.2. The molecule has 5 heterocycles. The SMILES string of the molecule is Cc1c(N2CCOCC2)cc(-c2cnc(N)c(Oc3cnn(C4CCN(C)CC4)c3)n2)cc1C1(O)COC1. The third-order valence-electron chi connectivity index (χ3n) is 7.83. The number of nitrogens with zero attached hydrogens (tertiary/aromatic N) is 6. The highest BCUT2D eigenvalue weighted by Gasteiger charge is 2.40. The van der Waals surface area contributed by atoms with Gasteiger partial charge in [-0.1, -0.05) is 0 Å². The third kappa shape index (κ3) is 4.82. The lowest BCUT2D eigenvalue weighted by molar-refractivity contribution is -0.184. The van der Waals surface area contributed by atoms with Crippen molar-refractivity contribution in [3.63, 3.8) is 0 Å². The van der Waals surface area contributed by atoms with Gasteiger partial charge in [0, 0.05) is 24.3 Å². The van der Waals surface area contributed by atoms with Crippen LogP contribution in [0.5, 0.6) is 11.6 Å². The number of anilines is 2. The molecule has 0 aliphatic carbocycles. The maximum Gasteiger partial charge on any atom is 0.263 e. The first-order valence-corrected chi connectivity index (χ1v) is 13.2. The van der Waals surface area contributed by atoms with Gasteiger partial charge >= 0.3 is 0 Å². The number of morpholine rings is 1. The van der Waals surface area contributed by atoms with Crippen LogP contribution >= 0.6 is 0 Å². The molecule has 0 bridgehead atoms. The Bertz CT molecular complexity index is 1290. The fraction of sp³-hybridized carbons (Fsp3) is 0.519. The van der Waals surface area contributed by atoms with E-state index in [4.69, 9.17) is 24.9 Å². The molecule has 3 N–H and O–H groups in total. The van der Waals surface area contributed by atoms with Crippen LogP contribution < -0.4 is 15.4 Å². The van der Waals surface area contributed by atoms with E-state index in [1.54, 1.807) is 12.4 Å². The van der Waals surface area contributed by atoms with Crippen molar-refractivity contribution >= 4 is 11.5 Å². The van der Waals surface area contributed by atoms with Crippen LogP contribution in [0.1, 0.15) is 30.0 Å². The van der Waals surface area contributed by atoms with Crippen molar-refractivity contribution in [1.29, 1.82) is 0 Å². The van der Waals surface area contributed by atoms with Gasteiger partial charge in [0.1, 0.15) is 5.60 Å².